The molecule has 0 atom stereocenters. The van der Waals surface area contributed by atoms with E-state index in [0.717, 1.165) is 10.8 Å². The molecule has 0 unspecified atom stereocenters. The molecule has 7 nitrogen and oxygen atoms in total. The Morgan fingerprint density at radius 2 is 1.94 bits per heavy atom. The van der Waals surface area contributed by atoms with E-state index in [9.17, 15) is 19.2 Å². The summed E-state index contributed by atoms with van der Waals surface area (Å²) in [5.74, 6) is -1.61. The molecule has 0 fully saturated rings. The van der Waals surface area contributed by atoms with E-state index >= 15 is 0 Å². The van der Waals surface area contributed by atoms with Crippen LogP contribution in [-0.2, 0) is 22.7 Å². The van der Waals surface area contributed by atoms with Crippen LogP contribution in [0.25, 0.3) is 0 Å². The van der Waals surface area contributed by atoms with Gasteiger partial charge in [0.2, 0.25) is 0 Å². The van der Waals surface area contributed by atoms with E-state index in [1.165, 1.54) is 6.92 Å². The summed E-state index contributed by atoms with van der Waals surface area (Å²) in [7, 11) is 0. The number of thiol groups is 1. The van der Waals surface area contributed by atoms with Gasteiger partial charge in [-0.2, -0.15) is 0 Å². The van der Waals surface area contributed by atoms with Gasteiger partial charge in [-0.3, -0.25) is 23.5 Å². The van der Waals surface area contributed by atoms with Crippen LogP contribution in [0.4, 0.5) is 0 Å². The van der Waals surface area contributed by atoms with Crippen LogP contribution in [0.1, 0.15) is 6.92 Å². The van der Waals surface area contributed by atoms with Gasteiger partial charge in [0.1, 0.15) is 12.3 Å². The SMILES string of the molecule is CC(=O)Cn1c(=O)c(S)cn(CC(=O)O)c1=O. The van der Waals surface area contributed by atoms with Crippen LogP contribution < -0.4 is 11.2 Å². The number of Topliss-reactive ketones (excluding diaryl/α,β-unsaturated/α-hetero) is 1. The second kappa shape index (κ2) is 5.00. The Labute approximate surface area is 101 Å². The highest BCUT2D eigenvalue weighted by atomic mass is 32.1. The lowest BCUT2D eigenvalue weighted by atomic mass is 10.4. The number of ketones is 1. The summed E-state index contributed by atoms with van der Waals surface area (Å²) in [5.41, 5.74) is -1.56. The van der Waals surface area contributed by atoms with Crippen LogP contribution >= 0.6 is 12.6 Å². The number of carbonyl (C=O) groups is 2. The van der Waals surface area contributed by atoms with Crippen molar-refractivity contribution in [2.75, 3.05) is 0 Å². The van der Waals surface area contributed by atoms with Crippen LogP contribution in [0.5, 0.6) is 0 Å². The molecular weight excluding hydrogens is 248 g/mol. The van der Waals surface area contributed by atoms with Crippen LogP contribution in [0.2, 0.25) is 0 Å². The number of carboxylic acids is 1. The number of aromatic nitrogens is 2. The van der Waals surface area contributed by atoms with E-state index in [1.54, 1.807) is 0 Å². The quantitative estimate of drug-likeness (QED) is 0.673. The zero-order valence-electron chi connectivity index (χ0n) is 8.91. The molecule has 0 saturated carbocycles. The molecule has 92 valence electrons. The summed E-state index contributed by atoms with van der Waals surface area (Å²) >= 11 is 3.83. The minimum Gasteiger partial charge on any atom is -0.480 e. The summed E-state index contributed by atoms with van der Waals surface area (Å²) in [6.45, 7) is 0.231. The van der Waals surface area contributed by atoms with Crippen molar-refractivity contribution in [3.05, 3.63) is 27.0 Å². The fourth-order valence-corrected chi connectivity index (χ4v) is 1.52. The summed E-state index contributed by atoms with van der Waals surface area (Å²) in [6.07, 6.45) is 1.04. The molecular formula is C9H10N2O5S. The first-order valence-corrected chi connectivity index (χ1v) is 5.02. The molecule has 0 aromatic carbocycles. The molecule has 1 rings (SSSR count). The fourth-order valence-electron chi connectivity index (χ4n) is 1.26. The maximum Gasteiger partial charge on any atom is 0.331 e. The van der Waals surface area contributed by atoms with E-state index in [4.69, 9.17) is 5.11 Å². The van der Waals surface area contributed by atoms with Gasteiger partial charge < -0.3 is 5.11 Å². The number of rotatable bonds is 4. The molecule has 1 aromatic heterocycles. The van der Waals surface area contributed by atoms with Crippen LogP contribution in [0.3, 0.4) is 0 Å². The number of hydrogen-bond acceptors (Lipinski definition) is 5. The summed E-state index contributed by atoms with van der Waals surface area (Å²) in [5, 5.41) is 8.59. The lowest BCUT2D eigenvalue weighted by molar-refractivity contribution is -0.137. The van der Waals surface area contributed by atoms with Crippen molar-refractivity contribution in [1.82, 2.24) is 9.13 Å². The Balaban J connectivity index is 3.43. The van der Waals surface area contributed by atoms with Crippen molar-refractivity contribution in [1.29, 1.82) is 0 Å². The molecule has 0 spiro atoms. The number of hydrogen-bond donors (Lipinski definition) is 2. The number of nitrogens with zero attached hydrogens (tertiary/aromatic N) is 2. The molecule has 0 saturated heterocycles. The Kier molecular flexibility index (Phi) is 3.89. The molecule has 0 aliphatic heterocycles. The van der Waals surface area contributed by atoms with E-state index in [0.29, 0.717) is 4.57 Å². The predicted octanol–water partition coefficient (Wildman–Crippen LogP) is -1.03. The molecule has 1 heterocycles. The second-order valence-corrected chi connectivity index (χ2v) is 3.89. The first kappa shape index (κ1) is 13.2. The Morgan fingerprint density at radius 3 is 2.41 bits per heavy atom. The van der Waals surface area contributed by atoms with Gasteiger partial charge in [-0.1, -0.05) is 0 Å². The summed E-state index contributed by atoms with van der Waals surface area (Å²) < 4.78 is 1.47. The Bertz CT molecular complexity index is 586. The molecule has 8 heteroatoms. The standard InChI is InChI=1S/C9H10N2O5S/c1-5(12)2-11-8(15)6(17)3-10(9(11)16)4-7(13)14/h3,17H,2,4H2,1H3,(H,13,14). The molecule has 17 heavy (non-hydrogen) atoms. The highest BCUT2D eigenvalue weighted by molar-refractivity contribution is 7.80. The van der Waals surface area contributed by atoms with Crippen molar-refractivity contribution in [3.8, 4) is 0 Å². The highest BCUT2D eigenvalue weighted by Gasteiger charge is 2.12. The van der Waals surface area contributed by atoms with E-state index in [1.807, 2.05) is 0 Å². The average molecular weight is 258 g/mol. The number of carboxylic acid groups (broad SMARTS) is 1. The van der Waals surface area contributed by atoms with Gasteiger partial charge in [-0.05, 0) is 6.92 Å². The van der Waals surface area contributed by atoms with Crippen molar-refractivity contribution in [2.24, 2.45) is 0 Å². The average Bonchev–Trinajstić information content (AvgIpc) is 2.20. The molecule has 0 aliphatic rings. The van der Waals surface area contributed by atoms with Gasteiger partial charge in [0.25, 0.3) is 5.56 Å². The monoisotopic (exact) mass is 258 g/mol. The second-order valence-electron chi connectivity index (χ2n) is 3.41. The molecule has 0 bridgehead atoms. The predicted molar refractivity (Wildman–Crippen MR) is 60.5 cm³/mol. The van der Waals surface area contributed by atoms with Gasteiger partial charge in [-0.25, -0.2) is 4.79 Å². The summed E-state index contributed by atoms with van der Waals surface area (Å²) in [4.78, 5) is 44.6. The third-order valence-electron chi connectivity index (χ3n) is 1.91. The van der Waals surface area contributed by atoms with Crippen LogP contribution in [0, 0.1) is 0 Å². The van der Waals surface area contributed by atoms with Crippen molar-refractivity contribution in [2.45, 2.75) is 24.9 Å². The molecule has 0 radical (unpaired) electrons. The van der Waals surface area contributed by atoms with Crippen LogP contribution in [0.15, 0.2) is 20.7 Å². The molecule has 1 N–H and O–H groups in total. The maximum absolute atomic E-state index is 11.7. The van der Waals surface area contributed by atoms with Crippen LogP contribution in [-0.4, -0.2) is 26.0 Å². The normalized spacial score (nSPS) is 10.2. The first-order chi connectivity index (χ1) is 7.82. The van der Waals surface area contributed by atoms with Gasteiger partial charge >= 0.3 is 11.7 Å². The Hall–Kier alpha value is -1.83. The van der Waals surface area contributed by atoms with E-state index in [-0.39, 0.29) is 10.7 Å². The lowest BCUT2D eigenvalue weighted by Gasteiger charge is -2.08. The minimum atomic E-state index is -1.23. The minimum absolute atomic E-state index is 0.0906. The largest absolute Gasteiger partial charge is 0.480 e. The van der Waals surface area contributed by atoms with Crippen molar-refractivity contribution in [3.63, 3.8) is 0 Å². The highest BCUT2D eigenvalue weighted by Crippen LogP contribution is 1.95. The first-order valence-electron chi connectivity index (χ1n) is 4.57. The number of aliphatic carboxylic acids is 1. The topological polar surface area (TPSA) is 98.4 Å². The zero-order chi connectivity index (χ0) is 13.2. The smallest absolute Gasteiger partial charge is 0.331 e. The zero-order valence-corrected chi connectivity index (χ0v) is 9.81. The van der Waals surface area contributed by atoms with Crippen molar-refractivity contribution >= 4 is 24.4 Å². The van der Waals surface area contributed by atoms with E-state index < -0.39 is 30.3 Å². The van der Waals surface area contributed by atoms with Gasteiger partial charge in [-0.15, -0.1) is 12.6 Å². The summed E-state index contributed by atoms with van der Waals surface area (Å²) in [6, 6.07) is 0. The van der Waals surface area contributed by atoms with Gasteiger partial charge in [0.15, 0.2) is 0 Å². The number of carbonyl (C=O) groups excluding carboxylic acids is 1. The van der Waals surface area contributed by atoms with E-state index in [2.05, 4.69) is 12.6 Å². The third-order valence-corrected chi connectivity index (χ3v) is 2.21. The molecule has 0 aliphatic carbocycles. The van der Waals surface area contributed by atoms with Gasteiger partial charge in [0, 0.05) is 6.20 Å². The molecule has 0 amide bonds. The van der Waals surface area contributed by atoms with Gasteiger partial charge in [0.05, 0.1) is 11.4 Å². The fraction of sp³-hybridized carbons (Fsp3) is 0.333. The molecule has 1 aromatic rings. The lowest BCUT2D eigenvalue weighted by Crippen LogP contribution is -2.42. The maximum atomic E-state index is 11.7. The van der Waals surface area contributed by atoms with Crippen molar-refractivity contribution < 1.29 is 14.7 Å². The Morgan fingerprint density at radius 1 is 1.35 bits per heavy atom. The third kappa shape index (κ3) is 3.06.